The van der Waals surface area contributed by atoms with Crippen molar-refractivity contribution in [2.45, 2.75) is 13.2 Å². The molecule has 7 nitrogen and oxygen atoms in total. The number of benzene rings is 2. The molecule has 0 atom stereocenters. The van der Waals surface area contributed by atoms with Crippen molar-refractivity contribution in [2.24, 2.45) is 0 Å². The predicted molar refractivity (Wildman–Crippen MR) is 78.2 cm³/mol. The minimum atomic E-state index is -0.672. The van der Waals surface area contributed by atoms with Crippen LogP contribution in [0.2, 0.25) is 0 Å². The molecule has 7 heteroatoms. The highest BCUT2D eigenvalue weighted by atomic mass is 16.6. The molecule has 0 aliphatic rings. The van der Waals surface area contributed by atoms with Crippen molar-refractivity contribution >= 4 is 11.8 Å². The lowest BCUT2D eigenvalue weighted by molar-refractivity contribution is -0.384. The van der Waals surface area contributed by atoms with Crippen LogP contribution in [0.4, 0.5) is 10.5 Å². The average molecular weight is 302 g/mol. The van der Waals surface area contributed by atoms with Crippen molar-refractivity contribution in [1.29, 1.82) is 0 Å². The molecular weight excluding hydrogens is 288 g/mol. The van der Waals surface area contributed by atoms with E-state index in [4.69, 9.17) is 4.74 Å². The number of nitro groups is 1. The van der Waals surface area contributed by atoms with Crippen molar-refractivity contribution in [2.75, 3.05) is 0 Å². The number of hydrogen-bond donors (Lipinski definition) is 2. The van der Waals surface area contributed by atoms with Gasteiger partial charge in [0.1, 0.15) is 12.4 Å². The number of carbonyl (C=O) groups excluding carboxylic acids is 1. The number of rotatable bonds is 5. The fourth-order valence-electron chi connectivity index (χ4n) is 1.77. The van der Waals surface area contributed by atoms with Gasteiger partial charge in [0.05, 0.1) is 11.5 Å². The fourth-order valence-corrected chi connectivity index (χ4v) is 1.77. The van der Waals surface area contributed by atoms with Crippen LogP contribution in [0.3, 0.4) is 0 Å². The highest BCUT2D eigenvalue weighted by molar-refractivity contribution is 5.67. The number of hydrogen-bond acceptors (Lipinski definition) is 5. The van der Waals surface area contributed by atoms with E-state index in [-0.39, 0.29) is 30.2 Å². The molecule has 0 fully saturated rings. The van der Waals surface area contributed by atoms with E-state index in [2.05, 4.69) is 5.32 Å². The zero-order valence-corrected chi connectivity index (χ0v) is 11.6. The average Bonchev–Trinajstić information content (AvgIpc) is 2.53. The van der Waals surface area contributed by atoms with Crippen molar-refractivity contribution in [3.8, 4) is 5.75 Å². The van der Waals surface area contributed by atoms with Gasteiger partial charge in [-0.15, -0.1) is 0 Å². The molecule has 2 aromatic carbocycles. The Hall–Kier alpha value is -3.09. The number of carbonyl (C=O) groups is 1. The molecule has 2 N–H and O–H groups in total. The van der Waals surface area contributed by atoms with Crippen LogP contribution in [0, 0.1) is 10.1 Å². The zero-order valence-electron chi connectivity index (χ0n) is 11.6. The number of alkyl carbamates (subject to hydrolysis) is 1. The number of phenols is 1. The second-order valence-electron chi connectivity index (χ2n) is 4.49. The quantitative estimate of drug-likeness (QED) is 0.653. The monoisotopic (exact) mass is 302 g/mol. The van der Waals surface area contributed by atoms with E-state index >= 15 is 0 Å². The minimum absolute atomic E-state index is 0.0683. The Morgan fingerprint density at radius 2 is 1.95 bits per heavy atom. The van der Waals surface area contributed by atoms with E-state index < -0.39 is 11.0 Å². The van der Waals surface area contributed by atoms with Gasteiger partial charge in [-0.3, -0.25) is 10.1 Å². The Bertz CT molecular complexity index is 673. The number of aromatic hydroxyl groups is 1. The molecule has 0 saturated heterocycles. The first-order chi connectivity index (χ1) is 10.6. The van der Waals surface area contributed by atoms with Gasteiger partial charge in [-0.05, 0) is 11.6 Å². The molecule has 114 valence electrons. The summed E-state index contributed by atoms with van der Waals surface area (Å²) in [7, 11) is 0. The van der Waals surface area contributed by atoms with Gasteiger partial charge in [0.15, 0.2) is 0 Å². The Kier molecular flexibility index (Phi) is 4.92. The molecule has 2 rings (SSSR count). The molecule has 0 aromatic heterocycles. The summed E-state index contributed by atoms with van der Waals surface area (Å²) < 4.78 is 5.00. The van der Waals surface area contributed by atoms with Crippen LogP contribution in [0.25, 0.3) is 0 Å². The lowest BCUT2D eigenvalue weighted by Gasteiger charge is -2.08. The third-order valence-corrected chi connectivity index (χ3v) is 2.91. The maximum Gasteiger partial charge on any atom is 0.407 e. The molecule has 0 unspecified atom stereocenters. The van der Waals surface area contributed by atoms with E-state index in [1.165, 1.54) is 18.2 Å². The molecule has 0 spiro atoms. The third kappa shape index (κ3) is 4.20. The normalized spacial score (nSPS) is 10.0. The van der Waals surface area contributed by atoms with Gasteiger partial charge < -0.3 is 15.2 Å². The number of nitrogens with zero attached hydrogens (tertiary/aromatic N) is 1. The largest absolute Gasteiger partial charge is 0.508 e. The Labute approximate surface area is 126 Å². The highest BCUT2D eigenvalue weighted by Crippen LogP contribution is 2.22. The predicted octanol–water partition coefficient (Wildman–Crippen LogP) is 2.73. The van der Waals surface area contributed by atoms with Gasteiger partial charge >= 0.3 is 6.09 Å². The standard InChI is InChI=1S/C15H14N2O5/c18-14-7-6-13(17(20)21)8-12(14)9-16-15(19)22-10-11-4-2-1-3-5-11/h1-8,18H,9-10H2,(H,16,19). The molecule has 22 heavy (non-hydrogen) atoms. The van der Waals surface area contributed by atoms with Gasteiger partial charge in [0, 0.05) is 17.7 Å². The number of amides is 1. The van der Waals surface area contributed by atoms with Crippen LogP contribution < -0.4 is 5.32 Å². The number of nitro benzene ring substituents is 1. The zero-order chi connectivity index (χ0) is 15.9. The Morgan fingerprint density at radius 1 is 1.23 bits per heavy atom. The van der Waals surface area contributed by atoms with Crippen molar-refractivity contribution in [3.05, 3.63) is 69.8 Å². The lowest BCUT2D eigenvalue weighted by Crippen LogP contribution is -2.23. The lowest BCUT2D eigenvalue weighted by atomic mass is 10.2. The van der Waals surface area contributed by atoms with Gasteiger partial charge in [-0.1, -0.05) is 30.3 Å². The van der Waals surface area contributed by atoms with Gasteiger partial charge in [-0.2, -0.15) is 0 Å². The molecule has 0 radical (unpaired) electrons. The van der Waals surface area contributed by atoms with Crippen LogP contribution >= 0.6 is 0 Å². The van der Waals surface area contributed by atoms with Crippen LogP contribution in [-0.2, 0) is 17.9 Å². The Morgan fingerprint density at radius 3 is 2.64 bits per heavy atom. The van der Waals surface area contributed by atoms with Crippen LogP contribution in [-0.4, -0.2) is 16.1 Å². The number of nitrogens with one attached hydrogen (secondary N) is 1. The molecule has 1 amide bonds. The maximum absolute atomic E-state index is 11.6. The SMILES string of the molecule is O=C(NCc1cc([N+](=O)[O-])ccc1O)OCc1ccccc1. The molecule has 0 bridgehead atoms. The molecular formula is C15H14N2O5. The summed E-state index contributed by atoms with van der Waals surface area (Å²) in [6.45, 7) is 0.0503. The summed E-state index contributed by atoms with van der Waals surface area (Å²) in [5.41, 5.74) is 0.925. The number of non-ortho nitro benzene ring substituents is 1. The van der Waals surface area contributed by atoms with Crippen molar-refractivity contribution < 1.29 is 19.6 Å². The first-order valence-corrected chi connectivity index (χ1v) is 6.47. The van der Waals surface area contributed by atoms with Gasteiger partial charge in [0.2, 0.25) is 0 Å². The molecule has 0 aliphatic heterocycles. The van der Waals surface area contributed by atoms with Crippen LogP contribution in [0.15, 0.2) is 48.5 Å². The molecule has 0 heterocycles. The van der Waals surface area contributed by atoms with Gasteiger partial charge in [0.25, 0.3) is 5.69 Å². The smallest absolute Gasteiger partial charge is 0.407 e. The maximum atomic E-state index is 11.6. The van der Waals surface area contributed by atoms with E-state index in [0.29, 0.717) is 0 Å². The second kappa shape index (κ2) is 7.07. The van der Waals surface area contributed by atoms with Crippen LogP contribution in [0.1, 0.15) is 11.1 Å². The molecule has 2 aromatic rings. The third-order valence-electron chi connectivity index (χ3n) is 2.91. The summed E-state index contributed by atoms with van der Waals surface area (Å²) >= 11 is 0. The summed E-state index contributed by atoms with van der Waals surface area (Å²) in [6, 6.07) is 12.8. The highest BCUT2D eigenvalue weighted by Gasteiger charge is 2.11. The second-order valence-corrected chi connectivity index (χ2v) is 4.49. The Balaban J connectivity index is 1.88. The fraction of sp³-hybridized carbons (Fsp3) is 0.133. The summed E-state index contributed by atoms with van der Waals surface area (Å²) in [5.74, 6) is -0.131. The van der Waals surface area contributed by atoms with Crippen molar-refractivity contribution in [1.82, 2.24) is 5.32 Å². The first-order valence-electron chi connectivity index (χ1n) is 6.47. The summed E-state index contributed by atoms with van der Waals surface area (Å²) in [5, 5.41) is 22.7. The topological polar surface area (TPSA) is 102 Å². The van der Waals surface area contributed by atoms with Gasteiger partial charge in [-0.25, -0.2) is 4.79 Å². The number of phenolic OH excluding ortho intramolecular Hbond substituents is 1. The van der Waals surface area contributed by atoms with E-state index in [9.17, 15) is 20.0 Å². The molecule has 0 saturated carbocycles. The first kappa shape index (κ1) is 15.3. The van der Waals surface area contributed by atoms with E-state index in [1.807, 2.05) is 30.3 Å². The van der Waals surface area contributed by atoms with Crippen LogP contribution in [0.5, 0.6) is 5.75 Å². The minimum Gasteiger partial charge on any atom is -0.508 e. The summed E-state index contributed by atoms with van der Waals surface area (Å²) in [6.07, 6.45) is -0.672. The molecule has 0 aliphatic carbocycles. The number of ether oxygens (including phenoxy) is 1. The van der Waals surface area contributed by atoms with Crippen molar-refractivity contribution in [3.63, 3.8) is 0 Å². The van der Waals surface area contributed by atoms with E-state index in [0.717, 1.165) is 5.56 Å². The van der Waals surface area contributed by atoms with E-state index in [1.54, 1.807) is 0 Å². The summed E-state index contributed by atoms with van der Waals surface area (Å²) in [4.78, 5) is 21.7.